The van der Waals surface area contributed by atoms with Crippen molar-refractivity contribution in [3.8, 4) is 5.75 Å². The Balaban J connectivity index is 3.08. The average molecular weight is 209 g/mol. The van der Waals surface area contributed by atoms with Crippen LogP contribution in [0.1, 0.15) is 22.8 Å². The van der Waals surface area contributed by atoms with E-state index >= 15 is 0 Å². The second-order valence-corrected chi connectivity index (χ2v) is 3.14. The second kappa shape index (κ2) is 4.68. The van der Waals surface area contributed by atoms with E-state index in [1.807, 2.05) is 6.92 Å². The van der Waals surface area contributed by atoms with Crippen LogP contribution in [0.3, 0.4) is 0 Å². The molecule has 0 radical (unpaired) electrons. The highest BCUT2D eigenvalue weighted by Gasteiger charge is 2.11. The number of ether oxygens (including phenoxy) is 2. The summed E-state index contributed by atoms with van der Waals surface area (Å²) in [5.41, 5.74) is 7.45. The van der Waals surface area contributed by atoms with Crippen molar-refractivity contribution in [3.05, 3.63) is 23.3 Å². The lowest BCUT2D eigenvalue weighted by molar-refractivity contribution is 0.0526. The van der Waals surface area contributed by atoms with E-state index in [1.54, 1.807) is 26.2 Å². The highest BCUT2D eigenvalue weighted by molar-refractivity contribution is 5.91. The molecule has 0 aliphatic rings. The number of hydrogen-bond acceptors (Lipinski definition) is 4. The van der Waals surface area contributed by atoms with E-state index < -0.39 is 0 Å². The lowest BCUT2D eigenvalue weighted by Gasteiger charge is -2.10. The van der Waals surface area contributed by atoms with Gasteiger partial charge in [0.2, 0.25) is 0 Å². The number of carbonyl (C=O) groups excluding carboxylic acids is 1. The van der Waals surface area contributed by atoms with E-state index in [0.29, 0.717) is 23.6 Å². The van der Waals surface area contributed by atoms with Gasteiger partial charge in [-0.3, -0.25) is 0 Å². The maximum absolute atomic E-state index is 11.4. The predicted molar refractivity (Wildman–Crippen MR) is 58.1 cm³/mol. The molecule has 1 aromatic rings. The first-order valence-corrected chi connectivity index (χ1v) is 4.71. The second-order valence-electron chi connectivity index (χ2n) is 3.14. The molecule has 4 heteroatoms. The zero-order chi connectivity index (χ0) is 11.4. The maximum atomic E-state index is 11.4. The Hall–Kier alpha value is -1.71. The van der Waals surface area contributed by atoms with E-state index in [4.69, 9.17) is 15.2 Å². The van der Waals surface area contributed by atoms with Gasteiger partial charge in [-0.1, -0.05) is 0 Å². The number of rotatable bonds is 3. The summed E-state index contributed by atoms with van der Waals surface area (Å²) in [5.74, 6) is 0.234. The molecule has 0 amide bonds. The summed E-state index contributed by atoms with van der Waals surface area (Å²) in [6.45, 7) is 3.94. The van der Waals surface area contributed by atoms with E-state index in [1.165, 1.54) is 0 Å². The SMILES string of the molecule is CCOC(=O)c1cc(C)c(OC)c(N)c1. The normalized spacial score (nSPS) is 9.80. The molecule has 0 saturated heterocycles. The standard InChI is InChI=1S/C11H15NO3/c1-4-15-11(13)8-5-7(2)10(14-3)9(12)6-8/h5-6H,4,12H2,1-3H3. The Kier molecular flexibility index (Phi) is 3.55. The minimum absolute atomic E-state index is 0.351. The highest BCUT2D eigenvalue weighted by Crippen LogP contribution is 2.27. The molecule has 82 valence electrons. The van der Waals surface area contributed by atoms with Gasteiger partial charge in [0, 0.05) is 0 Å². The van der Waals surface area contributed by atoms with Crippen molar-refractivity contribution in [2.24, 2.45) is 0 Å². The van der Waals surface area contributed by atoms with Crippen molar-refractivity contribution < 1.29 is 14.3 Å². The van der Waals surface area contributed by atoms with Crippen molar-refractivity contribution in [1.82, 2.24) is 0 Å². The lowest BCUT2D eigenvalue weighted by Crippen LogP contribution is -2.06. The van der Waals surface area contributed by atoms with Crippen LogP contribution in [0.4, 0.5) is 5.69 Å². The number of aryl methyl sites for hydroxylation is 1. The third-order valence-electron chi connectivity index (χ3n) is 2.02. The summed E-state index contributed by atoms with van der Waals surface area (Å²) < 4.78 is 9.97. The minimum atomic E-state index is -0.366. The third kappa shape index (κ3) is 2.40. The number of benzene rings is 1. The molecule has 0 saturated carbocycles. The van der Waals surface area contributed by atoms with Gasteiger partial charge in [-0.25, -0.2) is 4.79 Å². The Bertz CT molecular complexity index is 351. The summed E-state index contributed by atoms with van der Waals surface area (Å²) in [6.07, 6.45) is 0. The van der Waals surface area contributed by atoms with Gasteiger partial charge in [-0.15, -0.1) is 0 Å². The van der Waals surface area contributed by atoms with Crippen molar-refractivity contribution in [2.75, 3.05) is 19.5 Å². The number of nitrogens with two attached hydrogens (primary N) is 1. The molecule has 2 N–H and O–H groups in total. The summed E-state index contributed by atoms with van der Waals surface area (Å²) >= 11 is 0. The van der Waals surface area contributed by atoms with E-state index in [2.05, 4.69) is 0 Å². The monoisotopic (exact) mass is 209 g/mol. The van der Waals surface area contributed by atoms with Crippen molar-refractivity contribution in [2.45, 2.75) is 13.8 Å². The molecule has 0 fully saturated rings. The van der Waals surface area contributed by atoms with Gasteiger partial charge in [0.05, 0.1) is 25.0 Å². The highest BCUT2D eigenvalue weighted by atomic mass is 16.5. The molecular formula is C11H15NO3. The number of anilines is 1. The van der Waals surface area contributed by atoms with Crippen LogP contribution in [0.15, 0.2) is 12.1 Å². The number of esters is 1. The predicted octanol–water partition coefficient (Wildman–Crippen LogP) is 1.76. The number of carbonyl (C=O) groups is 1. The summed E-state index contributed by atoms with van der Waals surface area (Å²) in [6, 6.07) is 3.26. The number of nitrogen functional groups attached to an aromatic ring is 1. The molecule has 0 spiro atoms. The molecule has 0 aliphatic carbocycles. The smallest absolute Gasteiger partial charge is 0.338 e. The van der Waals surface area contributed by atoms with Crippen LogP contribution >= 0.6 is 0 Å². The quantitative estimate of drug-likeness (QED) is 0.608. The molecule has 0 unspecified atom stereocenters. The van der Waals surface area contributed by atoms with E-state index in [9.17, 15) is 4.79 Å². The molecule has 0 heterocycles. The van der Waals surface area contributed by atoms with Crippen LogP contribution in [0.2, 0.25) is 0 Å². The molecule has 15 heavy (non-hydrogen) atoms. The van der Waals surface area contributed by atoms with Crippen molar-refractivity contribution in [3.63, 3.8) is 0 Å². The molecule has 1 rings (SSSR count). The first-order chi connectivity index (χ1) is 7.10. The number of hydrogen-bond donors (Lipinski definition) is 1. The van der Waals surface area contributed by atoms with Crippen molar-refractivity contribution >= 4 is 11.7 Å². The largest absolute Gasteiger partial charge is 0.494 e. The zero-order valence-electron chi connectivity index (χ0n) is 9.16. The Labute approximate surface area is 89.0 Å². The Morgan fingerprint density at radius 2 is 2.13 bits per heavy atom. The summed E-state index contributed by atoms with van der Waals surface area (Å²) in [5, 5.41) is 0. The minimum Gasteiger partial charge on any atom is -0.494 e. The van der Waals surface area contributed by atoms with Gasteiger partial charge >= 0.3 is 5.97 Å². The summed E-state index contributed by atoms with van der Waals surface area (Å²) in [7, 11) is 1.54. The molecule has 0 atom stereocenters. The number of methoxy groups -OCH3 is 1. The van der Waals surface area contributed by atoms with Crippen LogP contribution in [-0.2, 0) is 4.74 Å². The zero-order valence-corrected chi connectivity index (χ0v) is 9.16. The molecule has 0 aromatic heterocycles. The maximum Gasteiger partial charge on any atom is 0.338 e. The van der Waals surface area contributed by atoms with Crippen LogP contribution in [-0.4, -0.2) is 19.7 Å². The molecule has 1 aromatic carbocycles. The summed E-state index contributed by atoms with van der Waals surface area (Å²) in [4.78, 5) is 11.4. The molecule has 0 bridgehead atoms. The Morgan fingerprint density at radius 3 is 2.60 bits per heavy atom. The van der Waals surface area contributed by atoms with Gasteiger partial charge in [-0.05, 0) is 31.5 Å². The van der Waals surface area contributed by atoms with Gasteiger partial charge in [-0.2, -0.15) is 0 Å². The topological polar surface area (TPSA) is 61.5 Å². The van der Waals surface area contributed by atoms with Crippen LogP contribution in [0.5, 0.6) is 5.75 Å². The first-order valence-electron chi connectivity index (χ1n) is 4.71. The van der Waals surface area contributed by atoms with Gasteiger partial charge in [0.1, 0.15) is 5.75 Å². The van der Waals surface area contributed by atoms with Crippen LogP contribution < -0.4 is 10.5 Å². The van der Waals surface area contributed by atoms with Gasteiger partial charge in [0.25, 0.3) is 0 Å². The third-order valence-corrected chi connectivity index (χ3v) is 2.02. The fourth-order valence-corrected chi connectivity index (χ4v) is 1.41. The fraction of sp³-hybridized carbons (Fsp3) is 0.364. The van der Waals surface area contributed by atoms with Crippen molar-refractivity contribution in [1.29, 1.82) is 0 Å². The van der Waals surface area contributed by atoms with E-state index in [-0.39, 0.29) is 5.97 Å². The molecule has 4 nitrogen and oxygen atoms in total. The molecule has 0 aliphatic heterocycles. The Morgan fingerprint density at radius 1 is 1.47 bits per heavy atom. The van der Waals surface area contributed by atoms with E-state index in [0.717, 1.165) is 5.56 Å². The lowest BCUT2D eigenvalue weighted by atomic mass is 10.1. The van der Waals surface area contributed by atoms with Crippen LogP contribution in [0.25, 0.3) is 0 Å². The van der Waals surface area contributed by atoms with Crippen LogP contribution in [0, 0.1) is 6.92 Å². The van der Waals surface area contributed by atoms with Gasteiger partial charge < -0.3 is 15.2 Å². The average Bonchev–Trinajstić information content (AvgIpc) is 2.17. The molecular weight excluding hydrogens is 194 g/mol. The first kappa shape index (κ1) is 11.4. The fourth-order valence-electron chi connectivity index (χ4n) is 1.41. The van der Waals surface area contributed by atoms with Gasteiger partial charge in [0.15, 0.2) is 0 Å².